The smallest absolute Gasteiger partial charge is 0.164 e. The van der Waals surface area contributed by atoms with Gasteiger partial charge < -0.3 is 0 Å². The van der Waals surface area contributed by atoms with Crippen LogP contribution in [0.2, 0.25) is 0 Å². The molecule has 14 heavy (non-hydrogen) atoms. The van der Waals surface area contributed by atoms with Crippen molar-refractivity contribution >= 4 is 5.78 Å². The summed E-state index contributed by atoms with van der Waals surface area (Å²) in [5.41, 5.74) is 2.81. The molecular formula is C12H13NO. The van der Waals surface area contributed by atoms with E-state index in [-0.39, 0.29) is 5.78 Å². The fraction of sp³-hybridized carbons (Fsp3) is 0.333. The molecule has 0 N–H and O–H groups in total. The van der Waals surface area contributed by atoms with E-state index in [1.54, 1.807) is 0 Å². The van der Waals surface area contributed by atoms with Crippen molar-refractivity contribution in [3.05, 3.63) is 34.9 Å². The Labute approximate surface area is 84.2 Å². The first-order valence-corrected chi connectivity index (χ1v) is 4.62. The summed E-state index contributed by atoms with van der Waals surface area (Å²) in [6.45, 7) is 3.87. The Morgan fingerprint density at radius 3 is 2.79 bits per heavy atom. The second-order valence-electron chi connectivity index (χ2n) is 3.40. The summed E-state index contributed by atoms with van der Waals surface area (Å²) < 4.78 is 0. The van der Waals surface area contributed by atoms with Gasteiger partial charge in [0.05, 0.1) is 6.07 Å². The first kappa shape index (κ1) is 10.5. The highest BCUT2D eigenvalue weighted by Gasteiger charge is 2.08. The van der Waals surface area contributed by atoms with Crippen LogP contribution < -0.4 is 0 Å². The maximum atomic E-state index is 11.6. The molecule has 0 aromatic heterocycles. The molecule has 0 radical (unpaired) electrons. The molecule has 0 aliphatic carbocycles. The fourth-order valence-electron chi connectivity index (χ4n) is 1.34. The van der Waals surface area contributed by atoms with Gasteiger partial charge in [-0.2, -0.15) is 5.26 Å². The lowest BCUT2D eigenvalue weighted by Gasteiger charge is -2.04. The van der Waals surface area contributed by atoms with Crippen LogP contribution in [-0.4, -0.2) is 5.78 Å². The van der Waals surface area contributed by atoms with E-state index in [2.05, 4.69) is 0 Å². The molecular weight excluding hydrogens is 174 g/mol. The van der Waals surface area contributed by atoms with Crippen LogP contribution in [0.4, 0.5) is 0 Å². The summed E-state index contributed by atoms with van der Waals surface area (Å²) >= 11 is 0. The van der Waals surface area contributed by atoms with Crippen molar-refractivity contribution in [3.8, 4) is 6.07 Å². The van der Waals surface area contributed by atoms with Crippen LogP contribution in [0.1, 0.15) is 34.3 Å². The number of ketones is 1. The van der Waals surface area contributed by atoms with Crippen molar-refractivity contribution in [1.82, 2.24) is 0 Å². The Bertz CT molecular complexity index is 388. The zero-order valence-corrected chi connectivity index (χ0v) is 8.50. The zero-order chi connectivity index (χ0) is 10.6. The molecule has 0 aliphatic rings. The number of nitriles is 1. The lowest BCUT2D eigenvalue weighted by atomic mass is 9.99. The molecule has 0 spiro atoms. The average Bonchev–Trinajstić information content (AvgIpc) is 2.18. The first-order chi connectivity index (χ1) is 6.65. The third-order valence-electron chi connectivity index (χ3n) is 2.16. The van der Waals surface area contributed by atoms with Crippen LogP contribution in [-0.2, 0) is 0 Å². The molecule has 0 amide bonds. The molecule has 0 aliphatic heterocycles. The average molecular weight is 187 g/mol. The van der Waals surface area contributed by atoms with Crippen LogP contribution in [0.3, 0.4) is 0 Å². The number of benzene rings is 1. The van der Waals surface area contributed by atoms with Gasteiger partial charge in [-0.15, -0.1) is 0 Å². The highest BCUT2D eigenvalue weighted by molar-refractivity contribution is 5.97. The van der Waals surface area contributed by atoms with E-state index in [1.165, 1.54) is 0 Å². The molecule has 72 valence electrons. The highest BCUT2D eigenvalue weighted by Crippen LogP contribution is 2.13. The number of hydrogen-bond donors (Lipinski definition) is 0. The molecule has 2 nitrogen and oxygen atoms in total. The number of hydrogen-bond acceptors (Lipinski definition) is 2. The normalized spacial score (nSPS) is 9.50. The SMILES string of the molecule is Cc1ccc(C)c(C(=O)CCC#N)c1. The van der Waals surface area contributed by atoms with Crippen molar-refractivity contribution < 1.29 is 4.79 Å². The Morgan fingerprint density at radius 1 is 1.43 bits per heavy atom. The standard InChI is InChI=1S/C12H13NO/c1-9-5-6-10(2)11(8-9)12(14)4-3-7-13/h5-6,8H,3-4H2,1-2H3. The van der Waals surface area contributed by atoms with E-state index < -0.39 is 0 Å². The summed E-state index contributed by atoms with van der Waals surface area (Å²) in [6.07, 6.45) is 0.618. The monoisotopic (exact) mass is 187 g/mol. The second-order valence-corrected chi connectivity index (χ2v) is 3.40. The quantitative estimate of drug-likeness (QED) is 0.683. The van der Waals surface area contributed by atoms with Gasteiger partial charge in [-0.25, -0.2) is 0 Å². The Kier molecular flexibility index (Phi) is 3.41. The number of carbonyl (C=O) groups is 1. The molecule has 0 heterocycles. The highest BCUT2D eigenvalue weighted by atomic mass is 16.1. The predicted octanol–water partition coefficient (Wildman–Crippen LogP) is 2.79. The van der Waals surface area contributed by atoms with Crippen molar-refractivity contribution in [3.63, 3.8) is 0 Å². The van der Waals surface area contributed by atoms with E-state index >= 15 is 0 Å². The van der Waals surface area contributed by atoms with Crippen LogP contribution in [0, 0.1) is 25.2 Å². The molecule has 2 heteroatoms. The van der Waals surface area contributed by atoms with Crippen molar-refractivity contribution in [2.75, 3.05) is 0 Å². The fourth-order valence-corrected chi connectivity index (χ4v) is 1.34. The number of aryl methyl sites for hydroxylation is 2. The van der Waals surface area contributed by atoms with Crippen LogP contribution >= 0.6 is 0 Å². The van der Waals surface area contributed by atoms with Crippen molar-refractivity contribution in [2.45, 2.75) is 26.7 Å². The van der Waals surface area contributed by atoms with E-state index in [0.717, 1.165) is 16.7 Å². The molecule has 1 rings (SSSR count). The Balaban J connectivity index is 2.90. The molecule has 0 atom stereocenters. The van der Waals surface area contributed by atoms with Gasteiger partial charge in [0.2, 0.25) is 0 Å². The lowest BCUT2D eigenvalue weighted by Crippen LogP contribution is -2.01. The van der Waals surface area contributed by atoms with Crippen molar-refractivity contribution in [1.29, 1.82) is 5.26 Å². The number of rotatable bonds is 3. The van der Waals surface area contributed by atoms with Crippen LogP contribution in [0.5, 0.6) is 0 Å². The Hall–Kier alpha value is -1.62. The first-order valence-electron chi connectivity index (χ1n) is 4.62. The molecule has 0 bridgehead atoms. The third-order valence-corrected chi connectivity index (χ3v) is 2.16. The predicted molar refractivity (Wildman–Crippen MR) is 55.1 cm³/mol. The molecule has 0 fully saturated rings. The van der Waals surface area contributed by atoms with Gasteiger partial charge in [0.25, 0.3) is 0 Å². The minimum Gasteiger partial charge on any atom is -0.294 e. The topological polar surface area (TPSA) is 40.9 Å². The minimum absolute atomic E-state index is 0.0627. The minimum atomic E-state index is 0.0627. The van der Waals surface area contributed by atoms with Gasteiger partial charge in [-0.05, 0) is 25.5 Å². The van der Waals surface area contributed by atoms with Gasteiger partial charge >= 0.3 is 0 Å². The molecule has 1 aromatic rings. The van der Waals surface area contributed by atoms with Gasteiger partial charge in [-0.3, -0.25) is 4.79 Å². The summed E-state index contributed by atoms with van der Waals surface area (Å²) in [5.74, 6) is 0.0627. The number of carbonyl (C=O) groups excluding carboxylic acids is 1. The summed E-state index contributed by atoms with van der Waals surface area (Å²) in [6, 6.07) is 7.79. The van der Waals surface area contributed by atoms with E-state index in [0.29, 0.717) is 12.8 Å². The van der Waals surface area contributed by atoms with E-state index in [9.17, 15) is 4.79 Å². The Morgan fingerprint density at radius 2 is 2.14 bits per heavy atom. The third kappa shape index (κ3) is 2.43. The molecule has 0 unspecified atom stereocenters. The molecule has 0 saturated carbocycles. The van der Waals surface area contributed by atoms with E-state index in [1.807, 2.05) is 38.1 Å². The second kappa shape index (κ2) is 4.57. The zero-order valence-electron chi connectivity index (χ0n) is 8.50. The van der Waals surface area contributed by atoms with Gasteiger partial charge in [0, 0.05) is 18.4 Å². The van der Waals surface area contributed by atoms with Crippen molar-refractivity contribution in [2.24, 2.45) is 0 Å². The number of nitrogens with zero attached hydrogens (tertiary/aromatic N) is 1. The van der Waals surface area contributed by atoms with Crippen LogP contribution in [0.15, 0.2) is 18.2 Å². The summed E-state index contributed by atoms with van der Waals surface area (Å²) in [7, 11) is 0. The van der Waals surface area contributed by atoms with Gasteiger partial charge in [0.15, 0.2) is 5.78 Å². The largest absolute Gasteiger partial charge is 0.294 e. The maximum Gasteiger partial charge on any atom is 0.164 e. The number of Topliss-reactive ketones (excluding diaryl/α,β-unsaturated/α-hetero) is 1. The lowest BCUT2D eigenvalue weighted by molar-refractivity contribution is 0.0983. The van der Waals surface area contributed by atoms with E-state index in [4.69, 9.17) is 5.26 Å². The van der Waals surface area contributed by atoms with Crippen LogP contribution in [0.25, 0.3) is 0 Å². The molecule has 1 aromatic carbocycles. The summed E-state index contributed by atoms with van der Waals surface area (Å²) in [4.78, 5) is 11.6. The summed E-state index contributed by atoms with van der Waals surface area (Å²) in [5, 5.41) is 8.38. The van der Waals surface area contributed by atoms with Gasteiger partial charge in [0.1, 0.15) is 0 Å². The maximum absolute atomic E-state index is 11.6. The molecule has 0 saturated heterocycles. The van der Waals surface area contributed by atoms with Gasteiger partial charge in [-0.1, -0.05) is 17.7 Å².